The van der Waals surface area contributed by atoms with Crippen molar-refractivity contribution in [2.45, 2.75) is 6.92 Å². The lowest BCUT2D eigenvalue weighted by atomic mass is 10.1. The van der Waals surface area contributed by atoms with Gasteiger partial charge in [-0.3, -0.25) is 14.9 Å². The van der Waals surface area contributed by atoms with Crippen LogP contribution < -0.4 is 15.8 Å². The molecule has 0 saturated carbocycles. The van der Waals surface area contributed by atoms with Gasteiger partial charge in [-0.1, -0.05) is 11.6 Å². The van der Waals surface area contributed by atoms with Gasteiger partial charge in [0.25, 0.3) is 5.91 Å². The highest BCUT2D eigenvalue weighted by Crippen LogP contribution is 2.32. The summed E-state index contributed by atoms with van der Waals surface area (Å²) in [5, 5.41) is 13.9. The van der Waals surface area contributed by atoms with E-state index in [0.29, 0.717) is 16.3 Å². The summed E-state index contributed by atoms with van der Waals surface area (Å²) in [6.07, 6.45) is 0. The Bertz CT molecular complexity index is 916. The van der Waals surface area contributed by atoms with Crippen molar-refractivity contribution in [3.8, 4) is 5.75 Å². The van der Waals surface area contributed by atoms with Crippen molar-refractivity contribution in [1.82, 2.24) is 0 Å². The Labute approximate surface area is 159 Å². The number of rotatable bonds is 6. The van der Waals surface area contributed by atoms with Gasteiger partial charge in [-0.25, -0.2) is 4.79 Å². The van der Waals surface area contributed by atoms with Crippen molar-refractivity contribution in [3.05, 3.63) is 56.6 Å². The molecular formula is C17H16ClN3O6. The number of halogens is 1. The number of nitrogens with two attached hydrogens (primary N) is 1. The summed E-state index contributed by atoms with van der Waals surface area (Å²) >= 11 is 5.76. The molecule has 2 rings (SSSR count). The molecule has 142 valence electrons. The fourth-order valence-electron chi connectivity index (χ4n) is 2.23. The quantitative estimate of drug-likeness (QED) is 0.333. The van der Waals surface area contributed by atoms with Gasteiger partial charge in [0.05, 0.1) is 17.6 Å². The molecule has 2 aromatic carbocycles. The van der Waals surface area contributed by atoms with Crippen molar-refractivity contribution in [2.75, 3.05) is 24.8 Å². The van der Waals surface area contributed by atoms with Crippen LogP contribution in [0.5, 0.6) is 5.75 Å². The summed E-state index contributed by atoms with van der Waals surface area (Å²) in [5.74, 6) is -1.42. The zero-order valence-electron chi connectivity index (χ0n) is 14.4. The van der Waals surface area contributed by atoms with Gasteiger partial charge < -0.3 is 20.5 Å². The van der Waals surface area contributed by atoms with Gasteiger partial charge in [0.2, 0.25) is 0 Å². The fourth-order valence-corrected chi connectivity index (χ4v) is 2.41. The van der Waals surface area contributed by atoms with E-state index < -0.39 is 23.4 Å². The number of carbonyl (C=O) groups is 2. The molecule has 27 heavy (non-hydrogen) atoms. The molecule has 0 heterocycles. The van der Waals surface area contributed by atoms with Crippen molar-refractivity contribution >= 4 is 40.5 Å². The van der Waals surface area contributed by atoms with Crippen LogP contribution in [0, 0.1) is 17.0 Å². The Balaban J connectivity index is 2.05. The number of esters is 1. The first-order chi connectivity index (χ1) is 12.7. The van der Waals surface area contributed by atoms with E-state index in [0.717, 1.165) is 0 Å². The molecule has 0 aliphatic heterocycles. The number of aryl methyl sites for hydroxylation is 1. The number of nitro benzene ring substituents is 1. The van der Waals surface area contributed by atoms with Crippen LogP contribution in [0.25, 0.3) is 0 Å². The average molecular weight is 394 g/mol. The normalized spacial score (nSPS) is 10.2. The lowest BCUT2D eigenvalue weighted by Gasteiger charge is -2.11. The molecule has 0 aliphatic rings. The highest BCUT2D eigenvalue weighted by molar-refractivity contribution is 6.31. The number of nitrogens with zero attached hydrogens (tertiary/aromatic N) is 1. The molecule has 10 heteroatoms. The first-order valence-electron chi connectivity index (χ1n) is 7.58. The van der Waals surface area contributed by atoms with Crippen LogP contribution >= 0.6 is 11.6 Å². The van der Waals surface area contributed by atoms with Gasteiger partial charge in [-0.05, 0) is 30.7 Å². The number of amides is 1. The molecule has 0 atom stereocenters. The number of benzene rings is 2. The van der Waals surface area contributed by atoms with E-state index >= 15 is 0 Å². The number of carbonyl (C=O) groups excluding carboxylic acids is 2. The molecule has 0 fully saturated rings. The number of methoxy groups -OCH3 is 1. The lowest BCUT2D eigenvalue weighted by molar-refractivity contribution is -0.385. The van der Waals surface area contributed by atoms with E-state index in [1.807, 2.05) is 0 Å². The number of hydrogen-bond acceptors (Lipinski definition) is 7. The smallest absolute Gasteiger partial charge is 0.340 e. The maximum Gasteiger partial charge on any atom is 0.340 e. The third-order valence-corrected chi connectivity index (χ3v) is 3.80. The third kappa shape index (κ3) is 4.85. The second-order valence-electron chi connectivity index (χ2n) is 5.45. The minimum Gasteiger partial charge on any atom is -0.490 e. The number of ether oxygens (including phenoxy) is 2. The van der Waals surface area contributed by atoms with Crippen LogP contribution in [-0.4, -0.2) is 30.5 Å². The highest BCUT2D eigenvalue weighted by atomic mass is 35.5. The van der Waals surface area contributed by atoms with E-state index in [1.165, 1.54) is 37.4 Å². The zero-order chi connectivity index (χ0) is 20.1. The SMILES string of the molecule is COc1cc(NC(=O)COC(=O)c2ccc(Cl)cc2N)c(C)cc1[N+](=O)[O-]. The number of nitrogens with one attached hydrogen (secondary N) is 1. The highest BCUT2D eigenvalue weighted by Gasteiger charge is 2.19. The Morgan fingerprint density at radius 3 is 2.59 bits per heavy atom. The van der Waals surface area contributed by atoms with E-state index in [9.17, 15) is 19.7 Å². The van der Waals surface area contributed by atoms with Gasteiger partial charge in [0.1, 0.15) is 0 Å². The number of nitro groups is 1. The zero-order valence-corrected chi connectivity index (χ0v) is 15.2. The summed E-state index contributed by atoms with van der Waals surface area (Å²) in [7, 11) is 1.28. The summed E-state index contributed by atoms with van der Waals surface area (Å²) in [4.78, 5) is 34.4. The molecule has 0 spiro atoms. The second kappa shape index (κ2) is 8.37. The van der Waals surface area contributed by atoms with Crippen molar-refractivity contribution in [3.63, 3.8) is 0 Å². The van der Waals surface area contributed by atoms with Crippen molar-refractivity contribution < 1.29 is 24.0 Å². The van der Waals surface area contributed by atoms with Gasteiger partial charge in [0, 0.05) is 28.5 Å². The van der Waals surface area contributed by atoms with E-state index in [2.05, 4.69) is 5.32 Å². The molecule has 0 bridgehead atoms. The molecule has 0 aromatic heterocycles. The van der Waals surface area contributed by atoms with Crippen LogP contribution in [-0.2, 0) is 9.53 Å². The Morgan fingerprint density at radius 2 is 2.00 bits per heavy atom. The van der Waals surface area contributed by atoms with Gasteiger partial charge >= 0.3 is 11.7 Å². The maximum absolute atomic E-state index is 12.0. The molecule has 0 aliphatic carbocycles. The number of anilines is 2. The lowest BCUT2D eigenvalue weighted by Crippen LogP contribution is -2.21. The van der Waals surface area contributed by atoms with Crippen molar-refractivity contribution in [2.24, 2.45) is 0 Å². The predicted octanol–water partition coefficient (Wildman–Crippen LogP) is 2.94. The van der Waals surface area contributed by atoms with Crippen LogP contribution in [0.3, 0.4) is 0 Å². The molecule has 0 unspecified atom stereocenters. The van der Waals surface area contributed by atoms with Gasteiger partial charge in [-0.2, -0.15) is 0 Å². The number of hydrogen-bond donors (Lipinski definition) is 2. The predicted molar refractivity (Wildman–Crippen MR) is 99.2 cm³/mol. The van der Waals surface area contributed by atoms with Crippen LogP contribution in [0.4, 0.5) is 17.1 Å². The van der Waals surface area contributed by atoms with Gasteiger partial charge in [0.15, 0.2) is 12.4 Å². The van der Waals surface area contributed by atoms with E-state index in [4.69, 9.17) is 26.8 Å². The summed E-state index contributed by atoms with van der Waals surface area (Å²) in [6, 6.07) is 6.86. The Hall–Kier alpha value is -3.33. The molecule has 2 aromatic rings. The molecule has 0 radical (unpaired) electrons. The summed E-state index contributed by atoms with van der Waals surface area (Å²) in [6.45, 7) is 1.02. The van der Waals surface area contributed by atoms with Crippen molar-refractivity contribution in [1.29, 1.82) is 0 Å². The van der Waals surface area contributed by atoms with Crippen LogP contribution in [0.2, 0.25) is 5.02 Å². The molecule has 0 saturated heterocycles. The summed E-state index contributed by atoms with van der Waals surface area (Å²) < 4.78 is 9.89. The average Bonchev–Trinajstić information content (AvgIpc) is 2.60. The second-order valence-corrected chi connectivity index (χ2v) is 5.89. The molecule has 1 amide bonds. The van der Waals surface area contributed by atoms with Gasteiger partial charge in [-0.15, -0.1) is 0 Å². The minimum absolute atomic E-state index is 0.00756. The number of nitrogen functional groups attached to an aromatic ring is 1. The van der Waals surface area contributed by atoms with E-state index in [-0.39, 0.29) is 22.7 Å². The Kier molecular flexibility index (Phi) is 6.19. The largest absolute Gasteiger partial charge is 0.490 e. The molecular weight excluding hydrogens is 378 g/mol. The van der Waals surface area contributed by atoms with E-state index in [1.54, 1.807) is 6.92 Å². The first-order valence-corrected chi connectivity index (χ1v) is 7.95. The monoisotopic (exact) mass is 393 g/mol. The Morgan fingerprint density at radius 1 is 1.30 bits per heavy atom. The molecule has 3 N–H and O–H groups in total. The fraction of sp³-hybridized carbons (Fsp3) is 0.176. The minimum atomic E-state index is -0.780. The summed E-state index contributed by atoms with van der Waals surface area (Å²) in [5.41, 5.74) is 6.42. The maximum atomic E-state index is 12.0. The van der Waals surface area contributed by atoms with Crippen LogP contribution in [0.15, 0.2) is 30.3 Å². The third-order valence-electron chi connectivity index (χ3n) is 3.56. The van der Waals surface area contributed by atoms with Crippen LogP contribution in [0.1, 0.15) is 15.9 Å². The standard InChI is InChI=1S/C17H16ClN3O6/c1-9-5-14(21(24)25)15(26-2)7-13(9)20-16(22)8-27-17(23)11-4-3-10(18)6-12(11)19/h3-7H,8,19H2,1-2H3,(H,20,22). The molecule has 9 nitrogen and oxygen atoms in total. The first kappa shape index (κ1) is 20.0. The topological polar surface area (TPSA) is 134 Å².